The summed E-state index contributed by atoms with van der Waals surface area (Å²) in [7, 11) is 0. The number of nitriles is 1. The highest BCUT2D eigenvalue weighted by molar-refractivity contribution is 7.12. The summed E-state index contributed by atoms with van der Waals surface area (Å²) in [5.74, 6) is 0.912. The summed E-state index contributed by atoms with van der Waals surface area (Å²) in [6.45, 7) is 4.77. The van der Waals surface area contributed by atoms with Crippen molar-refractivity contribution >= 4 is 34.6 Å². The zero-order chi connectivity index (χ0) is 25.5. The third kappa shape index (κ3) is 6.50. The molecule has 1 atom stereocenters. The van der Waals surface area contributed by atoms with E-state index in [4.69, 9.17) is 9.47 Å². The van der Waals surface area contributed by atoms with Crippen LogP contribution in [0.5, 0.6) is 5.75 Å². The van der Waals surface area contributed by atoms with Gasteiger partial charge in [0.2, 0.25) is 0 Å². The van der Waals surface area contributed by atoms with Crippen LogP contribution < -0.4 is 10.1 Å². The molecule has 1 aliphatic carbocycles. The number of carbonyl (C=O) groups excluding carboxylic acids is 2. The maximum Gasteiger partial charge on any atom is 0.407 e. The zero-order valence-corrected chi connectivity index (χ0v) is 22.1. The highest BCUT2D eigenvalue weighted by Gasteiger charge is 2.28. The van der Waals surface area contributed by atoms with Crippen LogP contribution in [0.2, 0.25) is 0 Å². The number of nitrogens with one attached hydrogen (secondary N) is 1. The van der Waals surface area contributed by atoms with Crippen molar-refractivity contribution < 1.29 is 19.1 Å². The number of para-hydroxylation sites is 1. The average molecular weight is 524 g/mol. The first-order chi connectivity index (χ1) is 17.5. The second-order valence-corrected chi connectivity index (χ2v) is 10.8. The molecule has 188 valence electrons. The van der Waals surface area contributed by atoms with E-state index >= 15 is 0 Å². The number of nitrogens with zero attached hydrogens (tertiary/aromatic N) is 2. The highest BCUT2D eigenvalue weighted by Crippen LogP contribution is 2.35. The van der Waals surface area contributed by atoms with Crippen LogP contribution in [0, 0.1) is 18.3 Å². The first-order valence-electron chi connectivity index (χ1n) is 12.1. The molecule has 0 fully saturated rings. The van der Waals surface area contributed by atoms with Gasteiger partial charge in [-0.05, 0) is 50.3 Å². The Hall–Kier alpha value is -3.22. The zero-order valence-electron chi connectivity index (χ0n) is 20.5. The van der Waals surface area contributed by atoms with Crippen LogP contribution in [-0.4, -0.2) is 29.6 Å². The molecule has 0 radical (unpaired) electrons. The summed E-state index contributed by atoms with van der Waals surface area (Å²) in [5, 5.41) is 15.3. The Morgan fingerprint density at radius 1 is 1.31 bits per heavy atom. The van der Waals surface area contributed by atoms with Gasteiger partial charge in [0.25, 0.3) is 0 Å². The van der Waals surface area contributed by atoms with Crippen LogP contribution >= 0.6 is 22.7 Å². The van der Waals surface area contributed by atoms with Crippen molar-refractivity contribution in [2.24, 2.45) is 0 Å². The second-order valence-electron chi connectivity index (χ2n) is 8.68. The molecule has 2 aromatic heterocycles. The lowest BCUT2D eigenvalue weighted by molar-refractivity contribution is -0.118. The number of alkyl carbamates (subject to hydrolysis) is 1. The average Bonchev–Trinajstić information content (AvgIpc) is 3.44. The Bertz CT molecular complexity index is 1270. The quantitative estimate of drug-likeness (QED) is 0.386. The topological polar surface area (TPSA) is 101 Å². The van der Waals surface area contributed by atoms with Gasteiger partial charge in [-0.1, -0.05) is 18.2 Å². The molecule has 1 amide bonds. The van der Waals surface area contributed by atoms with E-state index in [0.717, 1.165) is 37.3 Å². The van der Waals surface area contributed by atoms with Gasteiger partial charge in [0.1, 0.15) is 28.7 Å². The lowest BCUT2D eigenvalue weighted by Crippen LogP contribution is -2.31. The Morgan fingerprint density at radius 2 is 2.14 bits per heavy atom. The molecule has 2 heterocycles. The van der Waals surface area contributed by atoms with Gasteiger partial charge in [-0.25, -0.2) is 9.78 Å². The predicted molar refractivity (Wildman–Crippen MR) is 140 cm³/mol. The number of thiazole rings is 1. The molecular formula is C27H29N3O4S2. The minimum Gasteiger partial charge on any atom is -0.494 e. The number of aryl methyl sites for hydroxylation is 2. The van der Waals surface area contributed by atoms with Crippen LogP contribution in [-0.2, 0) is 41.8 Å². The molecule has 0 spiro atoms. The molecule has 1 aliphatic rings. The van der Waals surface area contributed by atoms with E-state index in [-0.39, 0.29) is 18.3 Å². The molecule has 9 heteroatoms. The summed E-state index contributed by atoms with van der Waals surface area (Å²) in [6.07, 6.45) is 2.41. The van der Waals surface area contributed by atoms with Gasteiger partial charge in [-0.15, -0.1) is 22.7 Å². The molecular weight excluding hydrogens is 494 g/mol. The highest BCUT2D eigenvalue weighted by atomic mass is 32.1. The fourth-order valence-corrected chi connectivity index (χ4v) is 6.45. The lowest BCUT2D eigenvalue weighted by atomic mass is 9.92. The van der Waals surface area contributed by atoms with Crippen molar-refractivity contribution in [2.75, 3.05) is 6.61 Å². The third-order valence-corrected chi connectivity index (χ3v) is 8.25. The maximum atomic E-state index is 12.8. The number of aromatic nitrogens is 1. The molecule has 0 bridgehead atoms. The number of ether oxygens (including phenoxy) is 2. The fraction of sp³-hybridized carbons (Fsp3) is 0.407. The largest absolute Gasteiger partial charge is 0.494 e. The Kier molecular flexibility index (Phi) is 8.73. The summed E-state index contributed by atoms with van der Waals surface area (Å²) < 4.78 is 11.3. The van der Waals surface area contributed by atoms with Crippen LogP contribution in [0.4, 0.5) is 4.79 Å². The van der Waals surface area contributed by atoms with E-state index in [1.807, 2.05) is 43.5 Å². The van der Waals surface area contributed by atoms with Gasteiger partial charge in [-0.3, -0.25) is 4.79 Å². The predicted octanol–water partition coefficient (Wildman–Crippen LogP) is 5.31. The Balaban J connectivity index is 1.33. The molecule has 0 saturated heterocycles. The number of hydrogen-bond acceptors (Lipinski definition) is 8. The lowest BCUT2D eigenvalue weighted by Gasteiger charge is -2.22. The number of amides is 1. The summed E-state index contributed by atoms with van der Waals surface area (Å²) in [4.78, 5) is 31.3. The van der Waals surface area contributed by atoms with Crippen molar-refractivity contribution in [1.29, 1.82) is 5.26 Å². The number of fused-ring (bicyclic) bond motifs is 1. The molecule has 1 unspecified atom stereocenters. The van der Waals surface area contributed by atoms with Crippen LogP contribution in [0.15, 0.2) is 29.6 Å². The first-order valence-corrected chi connectivity index (χ1v) is 13.8. The molecule has 0 saturated carbocycles. The molecule has 0 aliphatic heterocycles. The molecule has 3 aromatic rings. The molecule has 36 heavy (non-hydrogen) atoms. The minimum atomic E-state index is -0.462. The molecule has 1 N–H and O–H groups in total. The minimum absolute atomic E-state index is 0.0981. The fourth-order valence-electron chi connectivity index (χ4n) is 4.34. The standard InChI is InChI=1S/C27H29N3O4S2/c1-3-33-23-7-5-4-6-18(23)8-9-19(31)12-24-22(14-28)21-11-10-20(13-25(21)36-24)34-27(32)29-15-26-30-17(2)16-35-26/h4-7,16,20H,3,8-13,15H2,1-2H3,(H,29,32). The van der Waals surface area contributed by atoms with Crippen molar-refractivity contribution in [2.45, 2.75) is 65.0 Å². The maximum absolute atomic E-state index is 12.8. The monoisotopic (exact) mass is 523 g/mol. The number of ketones is 1. The molecule has 1 aromatic carbocycles. The SMILES string of the molecule is CCOc1ccccc1CCC(=O)Cc1sc2c(c1C#N)CCC(OC(=O)NCc1nc(C)cs1)C2. The molecule has 4 rings (SSSR count). The van der Waals surface area contributed by atoms with Crippen molar-refractivity contribution in [1.82, 2.24) is 10.3 Å². The van der Waals surface area contributed by atoms with E-state index in [1.165, 1.54) is 22.7 Å². The smallest absolute Gasteiger partial charge is 0.407 e. The van der Waals surface area contributed by atoms with Gasteiger partial charge in [0, 0.05) is 40.1 Å². The number of Topliss-reactive ketones (excluding diaryl/α,β-unsaturated/α-hetero) is 1. The van der Waals surface area contributed by atoms with Gasteiger partial charge in [-0.2, -0.15) is 5.26 Å². The van der Waals surface area contributed by atoms with Crippen molar-refractivity contribution in [3.05, 3.63) is 66.8 Å². The normalized spacial score (nSPS) is 14.5. The van der Waals surface area contributed by atoms with Crippen LogP contribution in [0.1, 0.15) is 56.9 Å². The third-order valence-electron chi connectivity index (χ3n) is 6.03. The number of hydrogen-bond donors (Lipinski definition) is 1. The van der Waals surface area contributed by atoms with E-state index in [0.29, 0.717) is 50.8 Å². The van der Waals surface area contributed by atoms with Crippen molar-refractivity contribution in [3.63, 3.8) is 0 Å². The van der Waals surface area contributed by atoms with Gasteiger partial charge >= 0.3 is 6.09 Å². The molecule has 7 nitrogen and oxygen atoms in total. The van der Waals surface area contributed by atoms with E-state index < -0.39 is 6.09 Å². The summed E-state index contributed by atoms with van der Waals surface area (Å²) in [5.41, 5.74) is 3.58. The number of thiophene rings is 1. The summed E-state index contributed by atoms with van der Waals surface area (Å²) >= 11 is 3.00. The summed E-state index contributed by atoms with van der Waals surface area (Å²) in [6, 6.07) is 10.1. The Morgan fingerprint density at radius 3 is 2.89 bits per heavy atom. The second kappa shape index (κ2) is 12.2. The van der Waals surface area contributed by atoms with E-state index in [1.54, 1.807) is 0 Å². The van der Waals surface area contributed by atoms with Gasteiger partial charge < -0.3 is 14.8 Å². The first kappa shape index (κ1) is 25.9. The Labute approximate surface area is 219 Å². The number of benzene rings is 1. The van der Waals surface area contributed by atoms with E-state index in [2.05, 4.69) is 16.4 Å². The van der Waals surface area contributed by atoms with Gasteiger partial charge in [0.05, 0.1) is 18.7 Å². The van der Waals surface area contributed by atoms with Crippen LogP contribution in [0.25, 0.3) is 0 Å². The number of rotatable bonds is 10. The number of carbonyl (C=O) groups is 2. The van der Waals surface area contributed by atoms with Gasteiger partial charge in [0.15, 0.2) is 0 Å². The van der Waals surface area contributed by atoms with Crippen molar-refractivity contribution in [3.8, 4) is 11.8 Å². The van der Waals surface area contributed by atoms with E-state index in [9.17, 15) is 14.9 Å². The van der Waals surface area contributed by atoms with Crippen LogP contribution in [0.3, 0.4) is 0 Å².